The van der Waals surface area contributed by atoms with E-state index in [2.05, 4.69) is 11.1 Å². The molecule has 0 atom stereocenters. The number of benzene rings is 2. The molecule has 0 aliphatic heterocycles. The van der Waals surface area contributed by atoms with Crippen molar-refractivity contribution in [3.63, 3.8) is 0 Å². The Balaban J connectivity index is 2.09. The van der Waals surface area contributed by atoms with Gasteiger partial charge in [-0.15, -0.1) is 0 Å². The van der Waals surface area contributed by atoms with Gasteiger partial charge in [-0.3, -0.25) is 4.79 Å². The van der Waals surface area contributed by atoms with E-state index in [1.165, 1.54) is 41.2 Å². The van der Waals surface area contributed by atoms with Gasteiger partial charge in [-0.2, -0.15) is 4.99 Å². The number of aromatic nitrogens is 1. The number of hydrogen-bond acceptors (Lipinski definition) is 2. The standard InChI is InChI=1S/C16H13FN2OS/c1-10-3-8-13-14(9-10)21-16(19(13)2)18-15(20)11-4-6-12(17)7-5-11/h3-9H,1-2H3. The first-order valence-electron chi connectivity index (χ1n) is 6.45. The van der Waals surface area contributed by atoms with Crippen LogP contribution in [0.3, 0.4) is 0 Å². The summed E-state index contributed by atoms with van der Waals surface area (Å²) in [6, 6.07) is 11.5. The number of halogens is 1. The minimum absolute atomic E-state index is 0.366. The summed E-state index contributed by atoms with van der Waals surface area (Å²) in [4.78, 5) is 16.9. The van der Waals surface area contributed by atoms with Gasteiger partial charge in [0.2, 0.25) is 0 Å². The van der Waals surface area contributed by atoms with E-state index >= 15 is 0 Å². The molecule has 0 fully saturated rings. The highest BCUT2D eigenvalue weighted by Gasteiger charge is 2.07. The van der Waals surface area contributed by atoms with Gasteiger partial charge in [-0.1, -0.05) is 17.4 Å². The van der Waals surface area contributed by atoms with Crippen molar-refractivity contribution < 1.29 is 9.18 Å². The van der Waals surface area contributed by atoms with Gasteiger partial charge in [-0.25, -0.2) is 4.39 Å². The van der Waals surface area contributed by atoms with Crippen LogP contribution < -0.4 is 4.80 Å². The molecule has 0 spiro atoms. The number of aryl methyl sites for hydroxylation is 2. The number of thiazole rings is 1. The average Bonchev–Trinajstić information content (AvgIpc) is 2.75. The minimum Gasteiger partial charge on any atom is -0.319 e. The molecule has 3 nitrogen and oxygen atoms in total. The van der Waals surface area contributed by atoms with Gasteiger partial charge in [0.1, 0.15) is 5.82 Å². The number of amides is 1. The Kier molecular flexibility index (Phi) is 3.43. The van der Waals surface area contributed by atoms with Crippen molar-refractivity contribution >= 4 is 27.5 Å². The van der Waals surface area contributed by atoms with Crippen LogP contribution in [0.5, 0.6) is 0 Å². The van der Waals surface area contributed by atoms with Gasteiger partial charge in [-0.05, 0) is 48.9 Å². The molecular weight excluding hydrogens is 287 g/mol. The number of rotatable bonds is 1. The first-order chi connectivity index (χ1) is 10.0. The summed E-state index contributed by atoms with van der Waals surface area (Å²) in [7, 11) is 1.88. The first-order valence-corrected chi connectivity index (χ1v) is 7.27. The number of fused-ring (bicyclic) bond motifs is 1. The molecule has 0 aliphatic rings. The van der Waals surface area contributed by atoms with Crippen LogP contribution in [-0.2, 0) is 7.05 Å². The molecule has 21 heavy (non-hydrogen) atoms. The summed E-state index contributed by atoms with van der Waals surface area (Å²) >= 11 is 1.47. The third-order valence-corrected chi connectivity index (χ3v) is 4.35. The Morgan fingerprint density at radius 3 is 2.62 bits per heavy atom. The van der Waals surface area contributed by atoms with Gasteiger partial charge >= 0.3 is 0 Å². The first kappa shape index (κ1) is 13.7. The second-order valence-corrected chi connectivity index (χ2v) is 5.85. The third kappa shape index (κ3) is 2.64. The molecule has 0 aliphatic carbocycles. The fourth-order valence-electron chi connectivity index (χ4n) is 2.09. The van der Waals surface area contributed by atoms with Crippen molar-refractivity contribution in [1.82, 2.24) is 4.57 Å². The predicted molar refractivity (Wildman–Crippen MR) is 81.8 cm³/mol. The van der Waals surface area contributed by atoms with Crippen molar-refractivity contribution in [2.24, 2.45) is 12.0 Å². The number of hydrogen-bond donors (Lipinski definition) is 0. The maximum atomic E-state index is 12.9. The van der Waals surface area contributed by atoms with Crippen LogP contribution in [-0.4, -0.2) is 10.5 Å². The smallest absolute Gasteiger partial charge is 0.279 e. The van der Waals surface area contributed by atoms with E-state index in [4.69, 9.17) is 0 Å². The van der Waals surface area contributed by atoms with Crippen LogP contribution in [0, 0.1) is 12.7 Å². The quantitative estimate of drug-likeness (QED) is 0.678. The van der Waals surface area contributed by atoms with Gasteiger partial charge in [0.15, 0.2) is 4.80 Å². The molecular formula is C16H13FN2OS. The summed E-state index contributed by atoms with van der Waals surface area (Å²) in [6.07, 6.45) is 0. The lowest BCUT2D eigenvalue weighted by atomic mass is 10.2. The van der Waals surface area contributed by atoms with Gasteiger partial charge in [0, 0.05) is 12.6 Å². The van der Waals surface area contributed by atoms with E-state index in [-0.39, 0.29) is 11.7 Å². The van der Waals surface area contributed by atoms with Gasteiger partial charge in [0.25, 0.3) is 5.91 Å². The normalized spacial score (nSPS) is 12.0. The van der Waals surface area contributed by atoms with Crippen molar-refractivity contribution in [2.75, 3.05) is 0 Å². The average molecular weight is 300 g/mol. The Labute approximate surface area is 125 Å². The van der Waals surface area contributed by atoms with E-state index in [0.717, 1.165) is 10.2 Å². The van der Waals surface area contributed by atoms with E-state index < -0.39 is 0 Å². The topological polar surface area (TPSA) is 34.4 Å². The Hall–Kier alpha value is -2.27. The monoisotopic (exact) mass is 300 g/mol. The SMILES string of the molecule is Cc1ccc2c(c1)sc(=NC(=O)c1ccc(F)cc1)n2C. The molecule has 1 heterocycles. The van der Waals surface area contributed by atoms with Crippen molar-refractivity contribution in [3.05, 3.63) is 64.2 Å². The lowest BCUT2D eigenvalue weighted by molar-refractivity contribution is 0.0998. The van der Waals surface area contributed by atoms with E-state index in [9.17, 15) is 9.18 Å². The van der Waals surface area contributed by atoms with Crippen LogP contribution >= 0.6 is 11.3 Å². The van der Waals surface area contributed by atoms with E-state index in [1.807, 2.05) is 30.7 Å². The molecule has 0 saturated carbocycles. The van der Waals surface area contributed by atoms with Crippen LogP contribution in [0.2, 0.25) is 0 Å². The zero-order valence-electron chi connectivity index (χ0n) is 11.6. The second-order valence-electron chi connectivity index (χ2n) is 4.84. The molecule has 5 heteroatoms. The van der Waals surface area contributed by atoms with E-state index in [0.29, 0.717) is 10.4 Å². The number of carbonyl (C=O) groups is 1. The molecule has 1 amide bonds. The summed E-state index contributed by atoms with van der Waals surface area (Å²) in [5.41, 5.74) is 2.59. The predicted octanol–water partition coefficient (Wildman–Crippen LogP) is 3.43. The molecule has 0 saturated heterocycles. The lowest BCUT2D eigenvalue weighted by Crippen LogP contribution is -2.13. The molecule has 106 valence electrons. The molecule has 2 aromatic carbocycles. The Morgan fingerprint density at radius 2 is 1.90 bits per heavy atom. The summed E-state index contributed by atoms with van der Waals surface area (Å²) in [6.45, 7) is 2.03. The second kappa shape index (κ2) is 5.26. The zero-order valence-corrected chi connectivity index (χ0v) is 12.4. The number of nitrogens with zero attached hydrogens (tertiary/aromatic N) is 2. The molecule has 1 aromatic heterocycles. The van der Waals surface area contributed by atoms with Gasteiger partial charge < -0.3 is 4.57 Å². The van der Waals surface area contributed by atoms with Crippen LogP contribution in [0.15, 0.2) is 47.5 Å². The summed E-state index contributed by atoms with van der Waals surface area (Å²) < 4.78 is 15.9. The maximum Gasteiger partial charge on any atom is 0.279 e. The zero-order chi connectivity index (χ0) is 15.0. The summed E-state index contributed by atoms with van der Waals surface area (Å²) in [5.74, 6) is -0.733. The van der Waals surface area contributed by atoms with Crippen LogP contribution in [0.1, 0.15) is 15.9 Å². The number of carbonyl (C=O) groups excluding carboxylic acids is 1. The maximum absolute atomic E-state index is 12.9. The fourth-order valence-corrected chi connectivity index (χ4v) is 3.21. The Bertz CT molecular complexity index is 891. The largest absolute Gasteiger partial charge is 0.319 e. The van der Waals surface area contributed by atoms with Gasteiger partial charge in [0.05, 0.1) is 10.2 Å². The molecule has 0 radical (unpaired) electrons. The molecule has 3 rings (SSSR count). The van der Waals surface area contributed by atoms with E-state index in [1.54, 1.807) is 0 Å². The molecule has 3 aromatic rings. The van der Waals surface area contributed by atoms with Crippen molar-refractivity contribution in [3.8, 4) is 0 Å². The van der Waals surface area contributed by atoms with Crippen LogP contribution in [0.4, 0.5) is 4.39 Å². The van der Waals surface area contributed by atoms with Crippen molar-refractivity contribution in [2.45, 2.75) is 6.92 Å². The highest BCUT2D eigenvalue weighted by Crippen LogP contribution is 2.18. The Morgan fingerprint density at radius 1 is 1.19 bits per heavy atom. The lowest BCUT2D eigenvalue weighted by Gasteiger charge is -1.96. The van der Waals surface area contributed by atoms with Crippen LogP contribution in [0.25, 0.3) is 10.2 Å². The summed E-state index contributed by atoms with van der Waals surface area (Å²) in [5, 5.41) is 0. The molecule has 0 bridgehead atoms. The molecule has 0 unspecified atom stereocenters. The highest BCUT2D eigenvalue weighted by molar-refractivity contribution is 7.16. The highest BCUT2D eigenvalue weighted by atomic mass is 32.1. The third-order valence-electron chi connectivity index (χ3n) is 3.25. The fraction of sp³-hybridized carbons (Fsp3) is 0.125. The van der Waals surface area contributed by atoms with Crippen molar-refractivity contribution in [1.29, 1.82) is 0 Å². The molecule has 0 N–H and O–H groups in total. The minimum atomic E-state index is -0.367.